The van der Waals surface area contributed by atoms with Gasteiger partial charge in [0.15, 0.2) is 0 Å². The number of carbonyl (C=O) groups excluding carboxylic acids is 4. The summed E-state index contributed by atoms with van der Waals surface area (Å²) in [6.07, 6.45) is 19.4. The lowest BCUT2D eigenvalue weighted by Crippen LogP contribution is -2.56. The molecule has 0 spiro atoms. The molecule has 4 fully saturated rings. The summed E-state index contributed by atoms with van der Waals surface area (Å²) in [7, 11) is 0. The largest absolute Gasteiger partial charge is 0.335 e. The van der Waals surface area contributed by atoms with E-state index in [2.05, 4.69) is 10.6 Å². The smallest absolute Gasteiger partial charge is 0.324 e. The number of carbonyl (C=O) groups is 4. The second-order valence-electron chi connectivity index (χ2n) is 11.9. The van der Waals surface area contributed by atoms with Crippen molar-refractivity contribution in [3.63, 3.8) is 0 Å². The molecule has 0 atom stereocenters. The fraction of sp³-hybridized carbons (Fsp3) is 0.862. The monoisotopic (exact) mass is 516 g/mol. The predicted octanol–water partition coefficient (Wildman–Crippen LogP) is 5.78. The third-order valence-corrected chi connectivity index (χ3v) is 9.02. The average Bonchev–Trinajstić information content (AvgIpc) is 2.91. The molecule has 0 aromatic carbocycles. The van der Waals surface area contributed by atoms with E-state index >= 15 is 0 Å². The summed E-state index contributed by atoms with van der Waals surface area (Å²) in [6.45, 7) is 0. The molecule has 0 heterocycles. The second-order valence-corrected chi connectivity index (χ2v) is 11.9. The lowest BCUT2D eigenvalue weighted by Gasteiger charge is -2.36. The molecule has 4 rings (SSSR count). The molecular formula is C29H48N4O4. The molecule has 8 nitrogen and oxygen atoms in total. The first-order valence-corrected chi connectivity index (χ1v) is 15.3. The van der Waals surface area contributed by atoms with Crippen molar-refractivity contribution in [3.8, 4) is 0 Å². The quantitative estimate of drug-likeness (QED) is 0.437. The van der Waals surface area contributed by atoms with Gasteiger partial charge in [0.25, 0.3) is 0 Å². The van der Waals surface area contributed by atoms with Gasteiger partial charge in [-0.1, -0.05) is 77.0 Å². The highest BCUT2D eigenvalue weighted by molar-refractivity contribution is 6.07. The fourth-order valence-electron chi connectivity index (χ4n) is 6.93. The summed E-state index contributed by atoms with van der Waals surface area (Å²) in [6, 6.07) is -0.861. The zero-order valence-corrected chi connectivity index (χ0v) is 22.7. The number of hydrogen-bond acceptors (Lipinski definition) is 4. The van der Waals surface area contributed by atoms with E-state index in [9.17, 15) is 19.2 Å². The van der Waals surface area contributed by atoms with Gasteiger partial charge in [-0.2, -0.15) is 0 Å². The van der Waals surface area contributed by atoms with Gasteiger partial charge in [-0.15, -0.1) is 0 Å². The van der Waals surface area contributed by atoms with Crippen LogP contribution < -0.4 is 10.6 Å². The van der Waals surface area contributed by atoms with E-state index in [0.717, 1.165) is 116 Å². The van der Waals surface area contributed by atoms with Gasteiger partial charge in [0.2, 0.25) is 11.8 Å². The Hall–Kier alpha value is -2.12. The van der Waals surface area contributed by atoms with Crippen LogP contribution in [0.15, 0.2) is 0 Å². The lowest BCUT2D eigenvalue weighted by molar-refractivity contribution is -0.139. The molecule has 8 heteroatoms. The first kappa shape index (κ1) is 27.9. The molecule has 0 unspecified atom stereocenters. The molecule has 208 valence electrons. The van der Waals surface area contributed by atoms with Crippen LogP contribution in [0.1, 0.15) is 135 Å². The second kappa shape index (κ2) is 14.1. The topological polar surface area (TPSA) is 98.8 Å². The van der Waals surface area contributed by atoms with E-state index in [4.69, 9.17) is 0 Å². The molecule has 0 bridgehead atoms. The SMILES string of the molecule is O=C(CC(=O)N(C(=O)NC1CCCCC1)C1CCCCC1)N(C(=O)NC1CCCCC1)C1CCCCC1. The van der Waals surface area contributed by atoms with Crippen LogP contribution in [0.2, 0.25) is 0 Å². The van der Waals surface area contributed by atoms with Crippen LogP contribution in [-0.4, -0.2) is 57.8 Å². The Balaban J connectivity index is 1.45. The number of amides is 6. The van der Waals surface area contributed by atoms with Gasteiger partial charge < -0.3 is 10.6 Å². The molecule has 0 aliphatic heterocycles. The van der Waals surface area contributed by atoms with Crippen molar-refractivity contribution in [1.82, 2.24) is 20.4 Å². The Bertz CT molecular complexity index is 715. The highest BCUT2D eigenvalue weighted by Gasteiger charge is 2.37. The van der Waals surface area contributed by atoms with Crippen LogP contribution in [-0.2, 0) is 9.59 Å². The zero-order valence-electron chi connectivity index (χ0n) is 22.7. The Morgan fingerprint density at radius 3 is 1.08 bits per heavy atom. The first-order chi connectivity index (χ1) is 18.0. The highest BCUT2D eigenvalue weighted by atomic mass is 16.2. The molecule has 37 heavy (non-hydrogen) atoms. The maximum atomic E-state index is 13.6. The van der Waals surface area contributed by atoms with Gasteiger partial charge in [0, 0.05) is 24.2 Å². The van der Waals surface area contributed by atoms with Crippen molar-refractivity contribution in [1.29, 1.82) is 0 Å². The van der Waals surface area contributed by atoms with Crippen LogP contribution in [0.3, 0.4) is 0 Å². The molecule has 6 amide bonds. The van der Waals surface area contributed by atoms with Crippen LogP contribution in [0.5, 0.6) is 0 Å². The minimum absolute atomic E-state index is 0.0934. The Labute approximate surface area is 222 Å². The molecule has 0 saturated heterocycles. The standard InChI is InChI=1S/C29H48N4O4/c34-26(32(24-17-9-3-10-18-24)28(36)30-22-13-5-1-6-14-22)21-27(35)33(25-19-11-4-12-20-25)29(37)31-23-15-7-2-8-16-23/h22-25H,1-21H2,(H,30,36)(H,31,37). The Morgan fingerprint density at radius 2 is 0.757 bits per heavy atom. The molecule has 2 N–H and O–H groups in total. The zero-order chi connectivity index (χ0) is 26.0. The van der Waals surface area contributed by atoms with E-state index in [1.54, 1.807) is 0 Å². The number of hydrogen-bond donors (Lipinski definition) is 2. The van der Waals surface area contributed by atoms with Crippen molar-refractivity contribution in [3.05, 3.63) is 0 Å². The highest BCUT2D eigenvalue weighted by Crippen LogP contribution is 2.27. The molecule has 0 aromatic heterocycles. The van der Waals surface area contributed by atoms with E-state index in [1.807, 2.05) is 0 Å². The van der Waals surface area contributed by atoms with E-state index in [-0.39, 0.29) is 36.2 Å². The Morgan fingerprint density at radius 1 is 0.459 bits per heavy atom. The summed E-state index contributed by atoms with van der Waals surface area (Å²) in [4.78, 5) is 56.7. The summed E-state index contributed by atoms with van der Waals surface area (Å²) in [5.41, 5.74) is 0. The molecule has 0 aromatic rings. The van der Waals surface area contributed by atoms with Gasteiger partial charge in [-0.3, -0.25) is 19.4 Å². The third-order valence-electron chi connectivity index (χ3n) is 9.02. The van der Waals surface area contributed by atoms with Crippen LogP contribution in [0, 0.1) is 0 Å². The van der Waals surface area contributed by atoms with Crippen molar-refractivity contribution >= 4 is 23.9 Å². The number of nitrogens with zero attached hydrogens (tertiary/aromatic N) is 2. The minimum Gasteiger partial charge on any atom is -0.335 e. The van der Waals surface area contributed by atoms with Crippen LogP contribution in [0.4, 0.5) is 9.59 Å². The molecule has 4 aliphatic carbocycles. The van der Waals surface area contributed by atoms with Gasteiger partial charge in [0.1, 0.15) is 6.42 Å². The number of imide groups is 2. The van der Waals surface area contributed by atoms with E-state index < -0.39 is 18.2 Å². The minimum atomic E-state index is -0.462. The summed E-state index contributed by atoms with van der Waals surface area (Å²) < 4.78 is 0. The normalized spacial score (nSPS) is 22.7. The fourth-order valence-corrected chi connectivity index (χ4v) is 6.93. The average molecular weight is 517 g/mol. The van der Waals surface area contributed by atoms with Crippen LogP contribution >= 0.6 is 0 Å². The maximum absolute atomic E-state index is 13.6. The third kappa shape index (κ3) is 7.93. The first-order valence-electron chi connectivity index (χ1n) is 15.3. The van der Waals surface area contributed by atoms with E-state index in [1.165, 1.54) is 22.6 Å². The van der Waals surface area contributed by atoms with Crippen molar-refractivity contribution in [2.75, 3.05) is 0 Å². The number of rotatable bonds is 6. The van der Waals surface area contributed by atoms with Gasteiger partial charge in [0.05, 0.1) is 0 Å². The van der Waals surface area contributed by atoms with Crippen molar-refractivity contribution < 1.29 is 19.2 Å². The number of nitrogens with one attached hydrogen (secondary N) is 2. The molecule has 0 radical (unpaired) electrons. The van der Waals surface area contributed by atoms with Gasteiger partial charge in [-0.25, -0.2) is 9.59 Å². The molecule has 4 aliphatic rings. The Kier molecular flexibility index (Phi) is 10.7. The van der Waals surface area contributed by atoms with Crippen molar-refractivity contribution in [2.45, 2.75) is 159 Å². The maximum Gasteiger partial charge on any atom is 0.324 e. The van der Waals surface area contributed by atoms with Gasteiger partial charge >= 0.3 is 12.1 Å². The van der Waals surface area contributed by atoms with Crippen molar-refractivity contribution in [2.24, 2.45) is 0 Å². The lowest BCUT2D eigenvalue weighted by atomic mass is 9.93. The van der Waals surface area contributed by atoms with E-state index in [0.29, 0.717) is 0 Å². The van der Waals surface area contributed by atoms with Crippen LogP contribution in [0.25, 0.3) is 0 Å². The number of urea groups is 2. The van der Waals surface area contributed by atoms with Gasteiger partial charge in [-0.05, 0) is 51.4 Å². The molecule has 4 saturated carbocycles. The predicted molar refractivity (Wildman–Crippen MR) is 143 cm³/mol. The summed E-state index contributed by atoms with van der Waals surface area (Å²) in [5, 5.41) is 6.20. The summed E-state index contributed by atoms with van der Waals surface area (Å²) >= 11 is 0. The summed E-state index contributed by atoms with van der Waals surface area (Å²) in [5.74, 6) is -0.923. The molecular weight excluding hydrogens is 468 g/mol.